The highest BCUT2D eigenvalue weighted by molar-refractivity contribution is 5.94. The normalized spacial score (nSPS) is 16.2. The lowest BCUT2D eigenvalue weighted by Gasteiger charge is -2.26. The first-order valence-corrected chi connectivity index (χ1v) is 4.57. The molecule has 1 aliphatic rings. The van der Waals surface area contributed by atoms with E-state index in [1.807, 2.05) is 43.5 Å². The lowest BCUT2D eigenvalue weighted by Crippen LogP contribution is -2.43. The van der Waals surface area contributed by atoms with Crippen LogP contribution in [0.25, 0.3) is 0 Å². The smallest absolute Gasteiger partial charge is 0.249 e. The number of nitrogens with one attached hydrogen (secondary N) is 1. The Hall–Kier alpha value is -1.77. The number of hydrogen-bond donors (Lipinski definition) is 1. The molecule has 0 saturated carbocycles. The minimum atomic E-state index is 0.0798. The number of amides is 1. The highest BCUT2D eigenvalue weighted by Crippen LogP contribution is 2.16. The predicted octanol–water partition coefficient (Wildman–Crippen LogP) is 1.83. The Bertz CT molecular complexity index is 370. The first-order chi connectivity index (χ1) is 6.77. The molecule has 1 aliphatic heterocycles. The molecule has 1 amide bonds. The molecular weight excluding hydrogens is 176 g/mol. The molecule has 0 spiro atoms. The molecule has 14 heavy (non-hydrogen) atoms. The van der Waals surface area contributed by atoms with E-state index in [1.165, 1.54) is 0 Å². The van der Waals surface area contributed by atoms with Gasteiger partial charge in [0.1, 0.15) is 0 Å². The summed E-state index contributed by atoms with van der Waals surface area (Å²) in [6.45, 7) is 1.94. The second-order valence-electron chi connectivity index (χ2n) is 3.36. The first-order valence-electron chi connectivity index (χ1n) is 4.57. The molecule has 0 fully saturated rings. The van der Waals surface area contributed by atoms with Gasteiger partial charge in [0.05, 0.1) is 12.1 Å². The number of carbonyl (C=O) groups is 1. The summed E-state index contributed by atoms with van der Waals surface area (Å²) in [7, 11) is 0. The van der Waals surface area contributed by atoms with Crippen molar-refractivity contribution in [1.82, 2.24) is 5.43 Å². The van der Waals surface area contributed by atoms with Crippen LogP contribution in [0.3, 0.4) is 0 Å². The van der Waals surface area contributed by atoms with Crippen LogP contribution in [-0.4, -0.2) is 5.91 Å². The van der Waals surface area contributed by atoms with Crippen molar-refractivity contribution >= 4 is 11.6 Å². The molecule has 0 aromatic heterocycles. The highest BCUT2D eigenvalue weighted by Gasteiger charge is 2.18. The van der Waals surface area contributed by atoms with E-state index in [9.17, 15) is 4.79 Å². The van der Waals surface area contributed by atoms with E-state index in [-0.39, 0.29) is 5.91 Å². The third-order valence-corrected chi connectivity index (χ3v) is 2.13. The molecule has 0 unspecified atom stereocenters. The SMILES string of the molecule is CC1=CNN(c2ccccc2)C(=O)C1. The number of benzene rings is 1. The summed E-state index contributed by atoms with van der Waals surface area (Å²) in [5.74, 6) is 0.0798. The van der Waals surface area contributed by atoms with E-state index in [1.54, 1.807) is 5.01 Å². The van der Waals surface area contributed by atoms with Gasteiger partial charge >= 0.3 is 0 Å². The fraction of sp³-hybridized carbons (Fsp3) is 0.182. The van der Waals surface area contributed by atoms with Crippen LogP contribution in [0.5, 0.6) is 0 Å². The summed E-state index contributed by atoms with van der Waals surface area (Å²) in [6, 6.07) is 9.56. The number of para-hydroxylation sites is 1. The van der Waals surface area contributed by atoms with Crippen molar-refractivity contribution in [3.63, 3.8) is 0 Å². The Morgan fingerprint density at radius 3 is 2.64 bits per heavy atom. The molecular formula is C11H12N2O. The maximum atomic E-state index is 11.6. The molecule has 0 bridgehead atoms. The van der Waals surface area contributed by atoms with Gasteiger partial charge in [-0.1, -0.05) is 18.2 Å². The zero-order valence-corrected chi connectivity index (χ0v) is 8.03. The molecule has 2 rings (SSSR count). The van der Waals surface area contributed by atoms with Crippen molar-refractivity contribution in [3.8, 4) is 0 Å². The predicted molar refractivity (Wildman–Crippen MR) is 55.4 cm³/mol. The first kappa shape index (κ1) is 8.81. The van der Waals surface area contributed by atoms with E-state index in [2.05, 4.69) is 5.43 Å². The minimum Gasteiger partial charge on any atom is -0.299 e. The van der Waals surface area contributed by atoms with Crippen molar-refractivity contribution < 1.29 is 4.79 Å². The molecule has 1 aromatic rings. The monoisotopic (exact) mass is 188 g/mol. The third kappa shape index (κ3) is 1.62. The van der Waals surface area contributed by atoms with Gasteiger partial charge in [-0.3, -0.25) is 10.2 Å². The van der Waals surface area contributed by atoms with Crippen LogP contribution in [0.1, 0.15) is 13.3 Å². The summed E-state index contributed by atoms with van der Waals surface area (Å²) in [5, 5.41) is 1.56. The number of hydrogen-bond acceptors (Lipinski definition) is 2. The van der Waals surface area contributed by atoms with Crippen molar-refractivity contribution in [1.29, 1.82) is 0 Å². The second kappa shape index (κ2) is 3.54. The second-order valence-corrected chi connectivity index (χ2v) is 3.36. The highest BCUT2D eigenvalue weighted by atomic mass is 16.2. The fourth-order valence-electron chi connectivity index (χ4n) is 1.41. The Labute approximate surface area is 83.0 Å². The van der Waals surface area contributed by atoms with Crippen LogP contribution >= 0.6 is 0 Å². The van der Waals surface area contributed by atoms with Crippen LogP contribution in [0.2, 0.25) is 0 Å². The molecule has 0 aliphatic carbocycles. The third-order valence-electron chi connectivity index (χ3n) is 2.13. The molecule has 0 radical (unpaired) electrons. The van der Waals surface area contributed by atoms with Crippen LogP contribution in [0.15, 0.2) is 42.1 Å². The maximum Gasteiger partial charge on any atom is 0.249 e. The Kier molecular flexibility index (Phi) is 2.23. The number of carbonyl (C=O) groups excluding carboxylic acids is 1. The van der Waals surface area contributed by atoms with Crippen molar-refractivity contribution in [2.75, 3.05) is 5.01 Å². The van der Waals surface area contributed by atoms with Crippen LogP contribution in [-0.2, 0) is 4.79 Å². The average molecular weight is 188 g/mol. The zero-order valence-electron chi connectivity index (χ0n) is 8.03. The molecule has 0 atom stereocenters. The van der Waals surface area contributed by atoms with E-state index >= 15 is 0 Å². The van der Waals surface area contributed by atoms with E-state index in [0.717, 1.165) is 11.3 Å². The lowest BCUT2D eigenvalue weighted by molar-refractivity contribution is -0.118. The van der Waals surface area contributed by atoms with E-state index < -0.39 is 0 Å². The van der Waals surface area contributed by atoms with Gasteiger partial charge in [0.25, 0.3) is 0 Å². The van der Waals surface area contributed by atoms with Crippen molar-refractivity contribution in [2.24, 2.45) is 0 Å². The molecule has 1 aromatic carbocycles. The molecule has 1 heterocycles. The van der Waals surface area contributed by atoms with Gasteiger partial charge in [-0.2, -0.15) is 0 Å². The van der Waals surface area contributed by atoms with E-state index in [0.29, 0.717) is 6.42 Å². The summed E-state index contributed by atoms with van der Waals surface area (Å²) >= 11 is 0. The number of anilines is 1. The fourth-order valence-corrected chi connectivity index (χ4v) is 1.41. The largest absolute Gasteiger partial charge is 0.299 e. The van der Waals surface area contributed by atoms with Gasteiger partial charge in [-0.05, 0) is 24.6 Å². The lowest BCUT2D eigenvalue weighted by atomic mass is 10.2. The summed E-state index contributed by atoms with van der Waals surface area (Å²) in [5.41, 5.74) is 4.89. The van der Waals surface area contributed by atoms with Gasteiger partial charge in [0.15, 0.2) is 0 Å². The topological polar surface area (TPSA) is 32.3 Å². The molecule has 0 saturated heterocycles. The summed E-state index contributed by atoms with van der Waals surface area (Å²) < 4.78 is 0. The summed E-state index contributed by atoms with van der Waals surface area (Å²) in [4.78, 5) is 11.6. The maximum absolute atomic E-state index is 11.6. The van der Waals surface area contributed by atoms with Gasteiger partial charge in [0, 0.05) is 6.20 Å². The number of rotatable bonds is 1. The van der Waals surface area contributed by atoms with Gasteiger partial charge in [-0.25, -0.2) is 5.01 Å². The average Bonchev–Trinajstić information content (AvgIpc) is 2.19. The van der Waals surface area contributed by atoms with Crippen LogP contribution < -0.4 is 10.4 Å². The van der Waals surface area contributed by atoms with Crippen molar-refractivity contribution in [2.45, 2.75) is 13.3 Å². The van der Waals surface area contributed by atoms with Gasteiger partial charge in [0.2, 0.25) is 5.91 Å². The number of nitrogens with zero attached hydrogens (tertiary/aromatic N) is 1. The standard InChI is InChI=1S/C11H12N2O/c1-9-7-11(14)13(12-8-9)10-5-3-2-4-6-10/h2-6,8,12H,7H2,1H3. The Morgan fingerprint density at radius 2 is 2.00 bits per heavy atom. The molecule has 3 heteroatoms. The van der Waals surface area contributed by atoms with Crippen LogP contribution in [0.4, 0.5) is 5.69 Å². The minimum absolute atomic E-state index is 0.0798. The van der Waals surface area contributed by atoms with E-state index in [4.69, 9.17) is 0 Å². The van der Waals surface area contributed by atoms with Crippen LogP contribution in [0, 0.1) is 0 Å². The quantitative estimate of drug-likeness (QED) is 0.729. The zero-order chi connectivity index (χ0) is 9.97. The molecule has 1 N–H and O–H groups in total. The summed E-state index contributed by atoms with van der Waals surface area (Å²) in [6.07, 6.45) is 2.34. The van der Waals surface area contributed by atoms with Gasteiger partial charge < -0.3 is 0 Å². The Morgan fingerprint density at radius 1 is 1.29 bits per heavy atom. The molecule has 3 nitrogen and oxygen atoms in total. The van der Waals surface area contributed by atoms with Gasteiger partial charge in [-0.15, -0.1) is 0 Å². The molecule has 72 valence electrons. The Balaban J connectivity index is 2.25. The number of hydrazine groups is 1. The van der Waals surface area contributed by atoms with Crippen molar-refractivity contribution in [3.05, 3.63) is 42.1 Å².